The maximum atomic E-state index is 3.86. The fraction of sp³-hybridized carbons (Fsp3) is 1.00. The van der Waals surface area contributed by atoms with Crippen LogP contribution in [0, 0.1) is 0 Å². The first-order valence-electron chi connectivity index (χ1n) is 8.23. The molecule has 1 saturated carbocycles. The highest BCUT2D eigenvalue weighted by Crippen LogP contribution is 2.21. The van der Waals surface area contributed by atoms with Gasteiger partial charge in [0.15, 0.2) is 0 Å². The predicted molar refractivity (Wildman–Crippen MR) is 85.7 cm³/mol. The topological polar surface area (TPSA) is 24.1 Å². The third-order valence-corrected chi connectivity index (χ3v) is 3.75. The van der Waals surface area contributed by atoms with Gasteiger partial charge in [0.05, 0.1) is 0 Å². The molecule has 0 aromatic carbocycles. The SMILES string of the molecule is CC(C)(C)NC1CCCCCCCC1NC(C)(C)C. The van der Waals surface area contributed by atoms with Gasteiger partial charge in [-0.15, -0.1) is 0 Å². The quantitative estimate of drug-likeness (QED) is 0.782. The monoisotopic (exact) mass is 268 g/mol. The standard InChI is InChI=1S/C17H36N2/c1-16(2,3)18-14-12-10-8-7-9-11-13-15(14)19-17(4,5)6/h14-15,18-19H,7-13H2,1-6H3. The average molecular weight is 268 g/mol. The number of rotatable bonds is 2. The van der Waals surface area contributed by atoms with E-state index in [9.17, 15) is 0 Å². The Morgan fingerprint density at radius 2 is 0.895 bits per heavy atom. The summed E-state index contributed by atoms with van der Waals surface area (Å²) in [6, 6.07) is 1.22. The van der Waals surface area contributed by atoms with Crippen LogP contribution in [0.3, 0.4) is 0 Å². The van der Waals surface area contributed by atoms with Crippen molar-refractivity contribution in [1.29, 1.82) is 0 Å². The van der Waals surface area contributed by atoms with Gasteiger partial charge in [0, 0.05) is 23.2 Å². The van der Waals surface area contributed by atoms with Crippen LogP contribution in [-0.2, 0) is 0 Å². The Kier molecular flexibility index (Phi) is 6.32. The zero-order chi connectivity index (χ0) is 14.5. The molecule has 1 fully saturated rings. The molecule has 0 saturated heterocycles. The van der Waals surface area contributed by atoms with Crippen LogP contribution in [0.2, 0.25) is 0 Å². The molecule has 0 aliphatic heterocycles. The lowest BCUT2D eigenvalue weighted by Crippen LogP contribution is -2.57. The highest BCUT2D eigenvalue weighted by molar-refractivity contribution is 4.91. The van der Waals surface area contributed by atoms with Crippen molar-refractivity contribution in [1.82, 2.24) is 10.6 Å². The summed E-state index contributed by atoms with van der Waals surface area (Å²) in [5.41, 5.74) is 0.410. The lowest BCUT2D eigenvalue weighted by molar-refractivity contribution is 0.234. The van der Waals surface area contributed by atoms with Crippen molar-refractivity contribution in [3.63, 3.8) is 0 Å². The Morgan fingerprint density at radius 1 is 0.579 bits per heavy atom. The van der Waals surface area contributed by atoms with Crippen LogP contribution < -0.4 is 10.6 Å². The molecule has 19 heavy (non-hydrogen) atoms. The van der Waals surface area contributed by atoms with Crippen LogP contribution in [0.1, 0.15) is 86.5 Å². The lowest BCUT2D eigenvalue weighted by atomic mass is 9.93. The van der Waals surface area contributed by atoms with Crippen LogP contribution in [0.15, 0.2) is 0 Å². The van der Waals surface area contributed by atoms with E-state index >= 15 is 0 Å². The summed E-state index contributed by atoms with van der Waals surface area (Å²) in [6.45, 7) is 13.7. The normalized spacial score (nSPS) is 27.5. The molecule has 2 heteroatoms. The Bertz CT molecular complexity index is 221. The molecule has 0 aromatic heterocycles. The molecule has 2 atom stereocenters. The van der Waals surface area contributed by atoms with Crippen LogP contribution in [0.4, 0.5) is 0 Å². The zero-order valence-electron chi connectivity index (χ0n) is 14.1. The third-order valence-electron chi connectivity index (χ3n) is 3.75. The second-order valence-electron chi connectivity index (χ2n) is 8.35. The van der Waals surface area contributed by atoms with Crippen LogP contribution >= 0.6 is 0 Å². The first-order chi connectivity index (χ1) is 8.67. The average Bonchev–Trinajstić information content (AvgIpc) is 2.29. The summed E-state index contributed by atoms with van der Waals surface area (Å²) in [4.78, 5) is 0. The molecule has 2 nitrogen and oxygen atoms in total. The minimum absolute atomic E-state index is 0.205. The Balaban J connectivity index is 2.73. The van der Waals surface area contributed by atoms with Gasteiger partial charge < -0.3 is 10.6 Å². The lowest BCUT2D eigenvalue weighted by Gasteiger charge is -2.38. The number of hydrogen-bond acceptors (Lipinski definition) is 2. The second kappa shape index (κ2) is 7.08. The molecular formula is C17H36N2. The summed E-state index contributed by atoms with van der Waals surface area (Å²) >= 11 is 0. The first kappa shape index (κ1) is 17.0. The maximum absolute atomic E-state index is 3.86. The Hall–Kier alpha value is -0.0800. The van der Waals surface area contributed by atoms with E-state index in [-0.39, 0.29) is 11.1 Å². The first-order valence-corrected chi connectivity index (χ1v) is 8.23. The van der Waals surface area contributed by atoms with E-state index in [1.165, 1.54) is 44.9 Å². The van der Waals surface area contributed by atoms with Crippen molar-refractivity contribution in [3.8, 4) is 0 Å². The van der Waals surface area contributed by atoms with E-state index in [2.05, 4.69) is 52.2 Å². The second-order valence-corrected chi connectivity index (χ2v) is 8.35. The molecule has 0 heterocycles. The molecule has 0 radical (unpaired) electrons. The molecule has 2 unspecified atom stereocenters. The van der Waals surface area contributed by atoms with Crippen LogP contribution in [-0.4, -0.2) is 23.2 Å². The molecule has 0 bridgehead atoms. The largest absolute Gasteiger partial charge is 0.308 e. The van der Waals surface area contributed by atoms with Crippen molar-refractivity contribution >= 4 is 0 Å². The van der Waals surface area contributed by atoms with E-state index in [1.54, 1.807) is 0 Å². The Labute approximate surface area is 121 Å². The molecular weight excluding hydrogens is 232 g/mol. The molecule has 1 aliphatic carbocycles. The van der Waals surface area contributed by atoms with Crippen molar-refractivity contribution < 1.29 is 0 Å². The van der Waals surface area contributed by atoms with Crippen molar-refractivity contribution in [2.24, 2.45) is 0 Å². The Morgan fingerprint density at radius 3 is 1.21 bits per heavy atom. The predicted octanol–water partition coefficient (Wildman–Crippen LogP) is 4.24. The van der Waals surface area contributed by atoms with Gasteiger partial charge in [0.25, 0.3) is 0 Å². The zero-order valence-corrected chi connectivity index (χ0v) is 14.1. The maximum Gasteiger partial charge on any atom is 0.0226 e. The summed E-state index contributed by atoms with van der Waals surface area (Å²) in [5, 5.41) is 7.73. The molecule has 0 amide bonds. The molecule has 114 valence electrons. The van der Waals surface area contributed by atoms with Gasteiger partial charge in [-0.05, 0) is 54.4 Å². The van der Waals surface area contributed by atoms with E-state index in [0.29, 0.717) is 12.1 Å². The molecule has 1 aliphatic rings. The number of nitrogens with one attached hydrogen (secondary N) is 2. The molecule has 2 N–H and O–H groups in total. The van der Waals surface area contributed by atoms with Gasteiger partial charge in [0.1, 0.15) is 0 Å². The summed E-state index contributed by atoms with van der Waals surface area (Å²) in [7, 11) is 0. The summed E-state index contributed by atoms with van der Waals surface area (Å²) in [5.74, 6) is 0. The van der Waals surface area contributed by atoms with E-state index in [0.717, 1.165) is 0 Å². The van der Waals surface area contributed by atoms with E-state index < -0.39 is 0 Å². The van der Waals surface area contributed by atoms with Gasteiger partial charge in [0.2, 0.25) is 0 Å². The summed E-state index contributed by atoms with van der Waals surface area (Å²) in [6.07, 6.45) is 9.60. The smallest absolute Gasteiger partial charge is 0.0226 e. The van der Waals surface area contributed by atoms with Gasteiger partial charge in [-0.2, -0.15) is 0 Å². The fourth-order valence-corrected chi connectivity index (χ4v) is 3.12. The van der Waals surface area contributed by atoms with Crippen molar-refractivity contribution in [2.75, 3.05) is 0 Å². The fourth-order valence-electron chi connectivity index (χ4n) is 3.12. The van der Waals surface area contributed by atoms with Gasteiger partial charge >= 0.3 is 0 Å². The van der Waals surface area contributed by atoms with E-state index in [4.69, 9.17) is 0 Å². The van der Waals surface area contributed by atoms with Gasteiger partial charge in [-0.1, -0.05) is 32.1 Å². The highest BCUT2D eigenvalue weighted by atomic mass is 15.1. The highest BCUT2D eigenvalue weighted by Gasteiger charge is 2.28. The molecule has 0 spiro atoms. The molecule has 1 rings (SSSR count). The van der Waals surface area contributed by atoms with Crippen LogP contribution in [0.5, 0.6) is 0 Å². The van der Waals surface area contributed by atoms with Gasteiger partial charge in [-0.25, -0.2) is 0 Å². The van der Waals surface area contributed by atoms with Crippen molar-refractivity contribution in [2.45, 2.75) is 110 Å². The minimum atomic E-state index is 0.205. The van der Waals surface area contributed by atoms with Crippen LogP contribution in [0.25, 0.3) is 0 Å². The molecule has 0 aromatic rings. The minimum Gasteiger partial charge on any atom is -0.308 e. The third kappa shape index (κ3) is 7.94. The number of hydrogen-bond donors (Lipinski definition) is 2. The van der Waals surface area contributed by atoms with Gasteiger partial charge in [-0.3, -0.25) is 0 Å². The van der Waals surface area contributed by atoms with Crippen molar-refractivity contribution in [3.05, 3.63) is 0 Å². The van der Waals surface area contributed by atoms with E-state index in [1.807, 2.05) is 0 Å². The summed E-state index contributed by atoms with van der Waals surface area (Å²) < 4.78 is 0.